The van der Waals surface area contributed by atoms with E-state index in [1.54, 1.807) is 35.6 Å². The molecule has 19 nitrogen and oxygen atoms in total. The molecule has 2 saturated heterocycles. The standard InChI is InChI=1S/C56H94N4O15/c1-10-41(4)52(48(68-8)39-51(64)59-22-14-18-46(59)53(69-9)42(5)47(61)37-44(55(66)67)36-43-16-12-11-13-17-43)58(7)54(65)45(40(2)3)38-49(62)56(6)20-15-23-60(56)50(63)19-24-70-26-28-72-30-32-74-34-35-75-33-31-73-29-27-71-25-21-57/h11-13,16-17,40-42,44-46,48,52-53H,10,14-15,18-39,57H2,1-9H3,(H,66,67)/t41-,42-,44+,45-,46-,48+,52-,53+,56-/m0/s1. The number of carboxylic acids is 1. The van der Waals surface area contributed by atoms with E-state index < -0.39 is 53.6 Å². The molecule has 2 heterocycles. The van der Waals surface area contributed by atoms with Crippen molar-refractivity contribution in [2.24, 2.45) is 35.3 Å². The number of carbonyl (C=O) groups is 6. The Labute approximate surface area is 447 Å². The highest BCUT2D eigenvalue weighted by atomic mass is 16.6. The Kier molecular flexibility index (Phi) is 30.9. The number of aliphatic carboxylic acids is 1. The van der Waals surface area contributed by atoms with E-state index in [0.717, 1.165) is 5.56 Å². The third kappa shape index (κ3) is 21.1. The number of ether oxygens (including phenoxy) is 8. The van der Waals surface area contributed by atoms with Crippen LogP contribution in [0.4, 0.5) is 0 Å². The van der Waals surface area contributed by atoms with Gasteiger partial charge in [0, 0.05) is 65.6 Å². The first-order valence-electron chi connectivity index (χ1n) is 27.4. The van der Waals surface area contributed by atoms with Gasteiger partial charge in [-0.25, -0.2) is 0 Å². The molecule has 2 aliphatic rings. The van der Waals surface area contributed by atoms with Gasteiger partial charge in [0.2, 0.25) is 17.7 Å². The lowest BCUT2D eigenvalue weighted by atomic mass is 9.81. The lowest BCUT2D eigenvalue weighted by Gasteiger charge is -2.41. The lowest BCUT2D eigenvalue weighted by molar-refractivity contribution is -0.151. The molecule has 0 aliphatic carbocycles. The van der Waals surface area contributed by atoms with Crippen molar-refractivity contribution in [1.82, 2.24) is 14.7 Å². The van der Waals surface area contributed by atoms with Gasteiger partial charge >= 0.3 is 5.97 Å². The fraction of sp³-hybridized carbons (Fsp3) is 0.786. The molecule has 0 saturated carbocycles. The van der Waals surface area contributed by atoms with Crippen molar-refractivity contribution < 1.29 is 71.8 Å². The summed E-state index contributed by atoms with van der Waals surface area (Å²) in [5.41, 5.74) is 5.13. The van der Waals surface area contributed by atoms with Crippen molar-refractivity contribution in [3.05, 3.63) is 35.9 Å². The molecule has 0 spiro atoms. The molecule has 75 heavy (non-hydrogen) atoms. The number of nitrogens with zero attached hydrogens (tertiary/aromatic N) is 3. The highest BCUT2D eigenvalue weighted by Gasteiger charge is 2.48. The lowest BCUT2D eigenvalue weighted by Crippen LogP contribution is -2.55. The van der Waals surface area contributed by atoms with Crippen LogP contribution in [0.25, 0.3) is 0 Å². The Morgan fingerprint density at radius 2 is 1.31 bits per heavy atom. The summed E-state index contributed by atoms with van der Waals surface area (Å²) in [5.74, 6) is -4.64. The van der Waals surface area contributed by atoms with Gasteiger partial charge in [-0.2, -0.15) is 0 Å². The number of methoxy groups -OCH3 is 2. The monoisotopic (exact) mass is 1060 g/mol. The number of carboxylic acid groups (broad SMARTS) is 1. The predicted octanol–water partition coefficient (Wildman–Crippen LogP) is 4.87. The molecular weight excluding hydrogens is 969 g/mol. The van der Waals surface area contributed by atoms with Gasteiger partial charge in [-0.1, -0.05) is 71.4 Å². The van der Waals surface area contributed by atoms with Crippen LogP contribution in [0.5, 0.6) is 0 Å². The zero-order chi connectivity index (χ0) is 55.3. The average molecular weight is 1060 g/mol. The molecule has 3 rings (SSSR count). The molecule has 3 N–H and O–H groups in total. The molecule has 2 fully saturated rings. The number of ketones is 2. The first-order chi connectivity index (χ1) is 36.0. The number of carbonyl (C=O) groups excluding carboxylic acids is 5. The molecule has 2 aliphatic heterocycles. The summed E-state index contributed by atoms with van der Waals surface area (Å²) in [7, 11) is 4.77. The molecule has 1 aromatic carbocycles. The van der Waals surface area contributed by atoms with Gasteiger partial charge in [-0.05, 0) is 56.4 Å². The summed E-state index contributed by atoms with van der Waals surface area (Å²) in [4.78, 5) is 88.2. The molecule has 3 amide bonds. The molecule has 1 aromatic rings. The fourth-order valence-corrected chi connectivity index (χ4v) is 10.4. The van der Waals surface area contributed by atoms with Gasteiger partial charge in [-0.15, -0.1) is 0 Å². The van der Waals surface area contributed by atoms with Crippen LogP contribution in [0.3, 0.4) is 0 Å². The van der Waals surface area contributed by atoms with Crippen molar-refractivity contribution in [2.75, 3.05) is 120 Å². The van der Waals surface area contributed by atoms with E-state index in [4.69, 9.17) is 43.6 Å². The topological polar surface area (TPSA) is 232 Å². The van der Waals surface area contributed by atoms with Crippen LogP contribution in [0, 0.1) is 29.6 Å². The minimum Gasteiger partial charge on any atom is -0.481 e. The van der Waals surface area contributed by atoms with E-state index in [9.17, 15) is 33.9 Å². The highest BCUT2D eigenvalue weighted by Crippen LogP contribution is 2.36. The summed E-state index contributed by atoms with van der Waals surface area (Å²) in [6, 6.07) is 8.28. The normalized spacial score (nSPS) is 19.6. The number of rotatable bonds is 41. The molecule has 0 bridgehead atoms. The summed E-state index contributed by atoms with van der Waals surface area (Å²) in [6.07, 6.45) is 1.85. The van der Waals surface area contributed by atoms with Crippen molar-refractivity contribution in [1.29, 1.82) is 0 Å². The highest BCUT2D eigenvalue weighted by molar-refractivity contribution is 5.96. The zero-order valence-electron chi connectivity index (χ0n) is 46.8. The van der Waals surface area contributed by atoms with Crippen molar-refractivity contribution in [3.63, 3.8) is 0 Å². The third-order valence-corrected chi connectivity index (χ3v) is 15.1. The van der Waals surface area contributed by atoms with E-state index in [1.165, 1.54) is 14.2 Å². The quantitative estimate of drug-likeness (QED) is 0.0833. The van der Waals surface area contributed by atoms with Crippen LogP contribution in [-0.2, 0) is 73.1 Å². The number of likely N-dealkylation sites (N-methyl/N-ethyl adjacent to an activating group) is 1. The second kappa shape index (κ2) is 35.5. The molecule has 0 radical (unpaired) electrons. The van der Waals surface area contributed by atoms with Gasteiger partial charge in [0.25, 0.3) is 0 Å². The number of benzene rings is 1. The van der Waals surface area contributed by atoms with Crippen molar-refractivity contribution in [2.45, 2.75) is 136 Å². The predicted molar refractivity (Wildman–Crippen MR) is 283 cm³/mol. The zero-order valence-corrected chi connectivity index (χ0v) is 46.8. The number of hydrogen-bond acceptors (Lipinski definition) is 15. The fourth-order valence-electron chi connectivity index (χ4n) is 10.4. The average Bonchev–Trinajstić information content (AvgIpc) is 4.05. The first kappa shape index (κ1) is 65.4. The maximum absolute atomic E-state index is 14.7. The van der Waals surface area contributed by atoms with Crippen LogP contribution in [-0.4, -0.2) is 205 Å². The van der Waals surface area contributed by atoms with E-state index in [0.29, 0.717) is 124 Å². The summed E-state index contributed by atoms with van der Waals surface area (Å²) in [6.45, 7) is 17.8. The van der Waals surface area contributed by atoms with Gasteiger partial charge in [0.15, 0.2) is 5.78 Å². The van der Waals surface area contributed by atoms with Gasteiger partial charge in [0.05, 0.1) is 128 Å². The van der Waals surface area contributed by atoms with Crippen LogP contribution >= 0.6 is 0 Å². The van der Waals surface area contributed by atoms with E-state index in [2.05, 4.69) is 0 Å². The van der Waals surface area contributed by atoms with E-state index in [1.807, 2.05) is 58.0 Å². The van der Waals surface area contributed by atoms with Gasteiger partial charge < -0.3 is 63.4 Å². The Bertz CT molecular complexity index is 1840. The summed E-state index contributed by atoms with van der Waals surface area (Å²) in [5, 5.41) is 10.0. The van der Waals surface area contributed by atoms with Crippen LogP contribution in [0.15, 0.2) is 30.3 Å². The van der Waals surface area contributed by atoms with Crippen LogP contribution in [0.1, 0.15) is 105 Å². The van der Waals surface area contributed by atoms with Crippen molar-refractivity contribution >= 4 is 35.3 Å². The third-order valence-electron chi connectivity index (χ3n) is 15.1. The number of likely N-dealkylation sites (tertiary alicyclic amines) is 2. The second-order valence-corrected chi connectivity index (χ2v) is 20.6. The second-order valence-electron chi connectivity index (χ2n) is 20.6. The molecule has 9 atom stereocenters. The minimum absolute atomic E-state index is 0.0367. The summed E-state index contributed by atoms with van der Waals surface area (Å²) < 4.78 is 45.0. The van der Waals surface area contributed by atoms with E-state index in [-0.39, 0.29) is 79.8 Å². The SMILES string of the molecule is CC[C@H](C)[C@@H]([C@@H](CC(=O)N1CCC[C@H]1[C@H](OC)[C@@H](C)C(=O)C[C@@H](Cc1ccccc1)C(=O)O)OC)N(C)C(=O)[C@@H](CC(=O)[C@]1(C)CCCN1C(=O)CCOCCOCCOCCOCCOCCOCCN)C(C)C. The molecule has 19 heteroatoms. The Hall–Kier alpha value is -3.92. The number of hydrogen-bond donors (Lipinski definition) is 2. The maximum atomic E-state index is 14.7. The Morgan fingerprint density at radius 3 is 1.81 bits per heavy atom. The van der Waals surface area contributed by atoms with E-state index >= 15 is 0 Å². The number of nitrogens with two attached hydrogens (primary N) is 1. The number of amides is 3. The molecule has 0 unspecified atom stereocenters. The molecule has 0 aromatic heterocycles. The largest absolute Gasteiger partial charge is 0.481 e. The molecular formula is C56H94N4O15. The molecule has 428 valence electrons. The van der Waals surface area contributed by atoms with Gasteiger partial charge in [-0.3, -0.25) is 28.8 Å². The first-order valence-corrected chi connectivity index (χ1v) is 27.4. The smallest absolute Gasteiger partial charge is 0.307 e. The summed E-state index contributed by atoms with van der Waals surface area (Å²) >= 11 is 0. The maximum Gasteiger partial charge on any atom is 0.307 e. The van der Waals surface area contributed by atoms with Crippen LogP contribution < -0.4 is 5.73 Å². The van der Waals surface area contributed by atoms with Crippen molar-refractivity contribution in [3.8, 4) is 0 Å². The minimum atomic E-state index is -1.07. The van der Waals surface area contributed by atoms with Crippen LogP contribution in [0.2, 0.25) is 0 Å². The number of Topliss-reactive ketones (excluding diaryl/α,β-unsaturated/α-hetero) is 2. The Balaban J connectivity index is 1.53. The van der Waals surface area contributed by atoms with Gasteiger partial charge in [0.1, 0.15) is 5.78 Å². The Morgan fingerprint density at radius 1 is 0.747 bits per heavy atom.